The molecule has 3 amide bonds. The first-order valence-corrected chi connectivity index (χ1v) is 11.4. The molecule has 3 aliphatic rings. The van der Waals surface area contributed by atoms with Gasteiger partial charge in [-0.05, 0) is 73.2 Å². The number of amides is 3. The topological polar surface area (TPSA) is 49.4 Å². The summed E-state index contributed by atoms with van der Waals surface area (Å²) in [4.78, 5) is 25.7. The molecule has 0 spiro atoms. The molecule has 1 N–H and O–H groups in total. The molecule has 4 nitrogen and oxygen atoms in total. The average molecular weight is 457 g/mol. The predicted molar refractivity (Wildman–Crippen MR) is 123 cm³/mol. The van der Waals surface area contributed by atoms with Crippen LogP contribution in [0.5, 0.6) is 0 Å². The first-order valence-electron chi connectivity index (χ1n) is 10.6. The Bertz CT molecular complexity index is 1060. The van der Waals surface area contributed by atoms with Crippen LogP contribution in [0.2, 0.25) is 0 Å². The van der Waals surface area contributed by atoms with Crippen molar-refractivity contribution in [1.29, 1.82) is 0 Å². The van der Waals surface area contributed by atoms with E-state index < -0.39 is 29.1 Å². The van der Waals surface area contributed by atoms with E-state index in [9.17, 15) is 18.4 Å². The second kappa shape index (κ2) is 8.35. The van der Waals surface area contributed by atoms with Crippen molar-refractivity contribution >= 4 is 29.6 Å². The maximum atomic E-state index is 14.0. The third-order valence-electron chi connectivity index (χ3n) is 6.93. The molecule has 0 aliphatic heterocycles. The van der Waals surface area contributed by atoms with Gasteiger partial charge >= 0.3 is 6.03 Å². The summed E-state index contributed by atoms with van der Waals surface area (Å²) in [5, 5.41) is 2.16. The monoisotopic (exact) mass is 456 g/mol. The predicted octanol–water partition coefficient (Wildman–Crippen LogP) is 6.27. The minimum atomic E-state index is -1.12. The lowest BCUT2D eigenvalue weighted by molar-refractivity contribution is -0.0249. The van der Waals surface area contributed by atoms with Gasteiger partial charge in [0.2, 0.25) is 0 Å². The molecule has 0 heterocycles. The SMILES string of the molecule is C=C1C(SN(C(=O)NC(=O)c2c(F)cccc2F)c2ccc(C)cc2)C[C@@H]2C[C@H]1C2(C)C. The molecule has 1 unspecified atom stereocenters. The molecule has 3 aliphatic carbocycles. The van der Waals surface area contributed by atoms with Crippen molar-refractivity contribution in [2.24, 2.45) is 17.3 Å². The van der Waals surface area contributed by atoms with E-state index in [-0.39, 0.29) is 10.7 Å². The Hall–Kier alpha value is -2.67. The van der Waals surface area contributed by atoms with Gasteiger partial charge in [-0.1, -0.05) is 49.8 Å². The van der Waals surface area contributed by atoms with Crippen LogP contribution >= 0.6 is 11.9 Å². The van der Waals surface area contributed by atoms with Gasteiger partial charge in [-0.2, -0.15) is 0 Å². The number of imide groups is 1. The molecular weight excluding hydrogens is 430 g/mol. The second-order valence-electron chi connectivity index (χ2n) is 9.20. The van der Waals surface area contributed by atoms with E-state index in [0.29, 0.717) is 17.5 Å². The van der Waals surface area contributed by atoms with Crippen LogP contribution in [0.25, 0.3) is 0 Å². The molecule has 3 saturated carbocycles. The van der Waals surface area contributed by atoms with Crippen LogP contribution in [-0.4, -0.2) is 17.2 Å². The number of anilines is 1. The van der Waals surface area contributed by atoms with Crippen molar-refractivity contribution in [3.63, 3.8) is 0 Å². The number of nitrogens with zero attached hydrogens (tertiary/aromatic N) is 1. The van der Waals surface area contributed by atoms with Crippen molar-refractivity contribution in [2.75, 3.05) is 4.31 Å². The van der Waals surface area contributed by atoms with Crippen molar-refractivity contribution in [2.45, 2.75) is 38.9 Å². The van der Waals surface area contributed by atoms with Gasteiger partial charge in [0.15, 0.2) is 0 Å². The zero-order chi connectivity index (χ0) is 23.2. The first kappa shape index (κ1) is 22.5. The number of fused-ring (bicyclic) bond motifs is 2. The minimum absolute atomic E-state index is 0.0131. The lowest BCUT2D eigenvalue weighted by Gasteiger charge is -2.60. The average Bonchev–Trinajstić information content (AvgIpc) is 2.73. The Kier molecular flexibility index (Phi) is 5.88. The molecule has 3 atom stereocenters. The third kappa shape index (κ3) is 3.94. The van der Waals surface area contributed by atoms with Gasteiger partial charge in [0, 0.05) is 5.25 Å². The molecular formula is C25H26F2N2O2S. The minimum Gasteiger partial charge on any atom is -0.273 e. The maximum Gasteiger partial charge on any atom is 0.339 e. The van der Waals surface area contributed by atoms with Gasteiger partial charge in [-0.15, -0.1) is 0 Å². The van der Waals surface area contributed by atoms with Crippen LogP contribution in [0.15, 0.2) is 54.6 Å². The Morgan fingerprint density at radius 1 is 1.09 bits per heavy atom. The number of carbonyl (C=O) groups excluding carboxylic acids is 2. The van der Waals surface area contributed by atoms with Crippen LogP contribution in [-0.2, 0) is 0 Å². The van der Waals surface area contributed by atoms with E-state index in [0.717, 1.165) is 36.1 Å². The lowest BCUT2D eigenvalue weighted by atomic mass is 9.47. The lowest BCUT2D eigenvalue weighted by Crippen LogP contribution is -2.53. The Labute approximate surface area is 191 Å². The van der Waals surface area contributed by atoms with Gasteiger partial charge in [-0.3, -0.25) is 10.1 Å². The zero-order valence-electron chi connectivity index (χ0n) is 18.3. The molecule has 7 heteroatoms. The molecule has 2 aromatic rings. The smallest absolute Gasteiger partial charge is 0.273 e. The van der Waals surface area contributed by atoms with Gasteiger partial charge in [-0.25, -0.2) is 17.9 Å². The fraction of sp³-hybridized carbons (Fsp3) is 0.360. The van der Waals surface area contributed by atoms with Crippen molar-refractivity contribution in [3.05, 3.63) is 77.4 Å². The Morgan fingerprint density at radius 2 is 1.72 bits per heavy atom. The fourth-order valence-corrected chi connectivity index (χ4v) is 6.01. The van der Waals surface area contributed by atoms with Gasteiger partial charge in [0.1, 0.15) is 17.2 Å². The fourth-order valence-electron chi connectivity index (χ4n) is 4.75. The standard InChI is InChI=1S/C25H26F2N2O2S/c1-14-8-10-17(11-9-14)29(32-21-13-16-12-18(15(21)2)25(16,3)4)24(31)28-23(30)22-19(26)6-5-7-20(22)27/h5-11,16,18,21H,2,12-13H2,1,3-4H3,(H,28,30,31)/t16-,18+,21?/m0/s1. The number of urea groups is 1. The molecule has 0 saturated heterocycles. The Balaban J connectivity index is 1.57. The van der Waals surface area contributed by atoms with E-state index in [1.54, 1.807) is 12.1 Å². The van der Waals surface area contributed by atoms with E-state index in [1.807, 2.05) is 19.1 Å². The van der Waals surface area contributed by atoms with Crippen LogP contribution < -0.4 is 9.62 Å². The van der Waals surface area contributed by atoms with Crippen molar-refractivity contribution in [3.8, 4) is 0 Å². The van der Waals surface area contributed by atoms with Crippen LogP contribution in [0.1, 0.15) is 42.6 Å². The number of carbonyl (C=O) groups is 2. The normalized spacial score (nSPS) is 23.3. The van der Waals surface area contributed by atoms with Crippen LogP contribution in [0, 0.1) is 35.8 Å². The summed E-state index contributed by atoms with van der Waals surface area (Å²) in [5.74, 6) is -2.21. The zero-order valence-corrected chi connectivity index (χ0v) is 19.1. The molecule has 2 bridgehead atoms. The molecule has 0 radical (unpaired) electrons. The van der Waals surface area contributed by atoms with E-state index in [1.165, 1.54) is 22.3 Å². The van der Waals surface area contributed by atoms with E-state index in [4.69, 9.17) is 0 Å². The second-order valence-corrected chi connectivity index (χ2v) is 10.3. The third-order valence-corrected chi connectivity index (χ3v) is 8.26. The van der Waals surface area contributed by atoms with E-state index in [2.05, 4.69) is 25.7 Å². The molecule has 168 valence electrons. The summed E-state index contributed by atoms with van der Waals surface area (Å²) in [5.41, 5.74) is 2.13. The first-order chi connectivity index (χ1) is 15.1. The number of aryl methyl sites for hydroxylation is 1. The van der Waals surface area contributed by atoms with Crippen LogP contribution in [0.3, 0.4) is 0 Å². The number of nitrogens with one attached hydrogen (secondary N) is 1. The number of hydrogen-bond acceptors (Lipinski definition) is 3. The highest BCUT2D eigenvalue weighted by molar-refractivity contribution is 8.02. The van der Waals surface area contributed by atoms with E-state index >= 15 is 0 Å². The summed E-state index contributed by atoms with van der Waals surface area (Å²) < 4.78 is 29.4. The quantitative estimate of drug-likeness (QED) is 0.436. The summed E-state index contributed by atoms with van der Waals surface area (Å²) >= 11 is 1.30. The molecule has 2 aromatic carbocycles. The van der Waals surface area contributed by atoms with Crippen LogP contribution in [0.4, 0.5) is 19.3 Å². The summed E-state index contributed by atoms with van der Waals surface area (Å²) in [6, 6.07) is 9.68. The van der Waals surface area contributed by atoms with Gasteiger partial charge < -0.3 is 0 Å². The number of hydrogen-bond donors (Lipinski definition) is 1. The summed E-state index contributed by atoms with van der Waals surface area (Å²) in [6.07, 6.45) is 2.00. The number of halogens is 2. The largest absolute Gasteiger partial charge is 0.339 e. The number of rotatable bonds is 4. The molecule has 0 aromatic heterocycles. The number of benzene rings is 2. The highest BCUT2D eigenvalue weighted by Crippen LogP contribution is 2.63. The highest BCUT2D eigenvalue weighted by Gasteiger charge is 2.55. The molecule has 3 fully saturated rings. The van der Waals surface area contributed by atoms with Crippen molar-refractivity contribution < 1.29 is 18.4 Å². The molecule has 32 heavy (non-hydrogen) atoms. The van der Waals surface area contributed by atoms with Crippen molar-refractivity contribution in [1.82, 2.24) is 5.32 Å². The molecule has 5 rings (SSSR count). The highest BCUT2D eigenvalue weighted by atomic mass is 32.2. The maximum absolute atomic E-state index is 14.0. The Morgan fingerprint density at radius 3 is 2.28 bits per heavy atom. The van der Waals surface area contributed by atoms with Gasteiger partial charge in [0.05, 0.1) is 5.69 Å². The van der Waals surface area contributed by atoms with Gasteiger partial charge in [0.25, 0.3) is 5.91 Å². The summed E-state index contributed by atoms with van der Waals surface area (Å²) in [6.45, 7) is 10.8. The summed E-state index contributed by atoms with van der Waals surface area (Å²) in [7, 11) is 0.